The highest BCUT2D eigenvalue weighted by Crippen LogP contribution is 2.37. The van der Waals surface area contributed by atoms with Crippen molar-refractivity contribution < 1.29 is 19.1 Å². The number of nitrogens with zero attached hydrogens (tertiary/aromatic N) is 1. The molecule has 6 nitrogen and oxygen atoms in total. The Labute approximate surface area is 174 Å². The Balaban J connectivity index is 1.22. The van der Waals surface area contributed by atoms with E-state index in [0.29, 0.717) is 24.6 Å². The largest absolute Gasteiger partial charge is 0.454 e. The lowest BCUT2D eigenvalue weighted by atomic mass is 10.1. The van der Waals surface area contributed by atoms with E-state index < -0.39 is 0 Å². The standard InChI is InChI=1S/C22H24N2O4S/c1-15-2-4-16(5-3-15)13-29-9-8-23-22(26)17-10-21(25)24(12-17)18-6-7-19-20(11-18)28-14-27-19/h2-7,11,17H,8-10,12-14H2,1H3,(H,23,26). The number of nitrogens with one attached hydrogen (secondary N) is 1. The maximum atomic E-state index is 12.5. The number of benzene rings is 2. The molecule has 2 aliphatic rings. The maximum Gasteiger partial charge on any atom is 0.231 e. The Bertz CT molecular complexity index is 900. The van der Waals surface area contributed by atoms with Crippen LogP contribution in [0.25, 0.3) is 0 Å². The Kier molecular flexibility index (Phi) is 5.94. The van der Waals surface area contributed by atoms with Gasteiger partial charge < -0.3 is 19.7 Å². The van der Waals surface area contributed by atoms with Crippen molar-refractivity contribution in [1.82, 2.24) is 5.32 Å². The van der Waals surface area contributed by atoms with Gasteiger partial charge in [0, 0.05) is 42.8 Å². The Morgan fingerprint density at radius 3 is 2.79 bits per heavy atom. The fourth-order valence-corrected chi connectivity index (χ4v) is 4.27. The topological polar surface area (TPSA) is 67.9 Å². The van der Waals surface area contributed by atoms with Crippen molar-refractivity contribution in [1.29, 1.82) is 0 Å². The predicted octanol–water partition coefficient (Wildman–Crippen LogP) is 3.13. The summed E-state index contributed by atoms with van der Waals surface area (Å²) in [5, 5.41) is 2.97. The number of aryl methyl sites for hydroxylation is 1. The average molecular weight is 413 g/mol. The van der Waals surface area contributed by atoms with Gasteiger partial charge in [0.1, 0.15) is 0 Å². The minimum Gasteiger partial charge on any atom is -0.454 e. The zero-order valence-electron chi connectivity index (χ0n) is 16.3. The Morgan fingerprint density at radius 2 is 1.97 bits per heavy atom. The van der Waals surface area contributed by atoms with Gasteiger partial charge in [-0.05, 0) is 24.6 Å². The monoisotopic (exact) mass is 412 g/mol. The lowest BCUT2D eigenvalue weighted by Crippen LogP contribution is -2.34. The van der Waals surface area contributed by atoms with E-state index in [2.05, 4.69) is 36.5 Å². The summed E-state index contributed by atoms with van der Waals surface area (Å²) in [6, 6.07) is 13.9. The summed E-state index contributed by atoms with van der Waals surface area (Å²) in [6.45, 7) is 3.26. The molecule has 0 spiro atoms. The molecule has 4 rings (SSSR count). The van der Waals surface area contributed by atoms with Gasteiger partial charge in [-0.25, -0.2) is 0 Å². The van der Waals surface area contributed by atoms with Crippen molar-refractivity contribution in [2.45, 2.75) is 19.1 Å². The number of amides is 2. The zero-order valence-corrected chi connectivity index (χ0v) is 17.2. The van der Waals surface area contributed by atoms with E-state index in [-0.39, 0.29) is 30.9 Å². The summed E-state index contributed by atoms with van der Waals surface area (Å²) in [5.74, 6) is 2.65. The number of hydrogen-bond acceptors (Lipinski definition) is 5. The molecule has 0 saturated carbocycles. The quantitative estimate of drug-likeness (QED) is 0.708. The molecular weight excluding hydrogens is 388 g/mol. The molecule has 2 heterocycles. The van der Waals surface area contributed by atoms with Gasteiger partial charge in [0.2, 0.25) is 18.6 Å². The molecule has 0 aliphatic carbocycles. The van der Waals surface area contributed by atoms with Crippen LogP contribution in [0.2, 0.25) is 0 Å². The molecule has 2 aromatic carbocycles. The second-order valence-corrected chi connectivity index (χ2v) is 8.38. The van der Waals surface area contributed by atoms with Gasteiger partial charge in [-0.1, -0.05) is 29.8 Å². The van der Waals surface area contributed by atoms with Crippen LogP contribution < -0.4 is 19.7 Å². The van der Waals surface area contributed by atoms with Crippen LogP contribution in [0.3, 0.4) is 0 Å². The van der Waals surface area contributed by atoms with Crippen LogP contribution in [0.5, 0.6) is 11.5 Å². The van der Waals surface area contributed by atoms with Crippen LogP contribution in [0, 0.1) is 12.8 Å². The third kappa shape index (κ3) is 4.67. The molecule has 1 N–H and O–H groups in total. The summed E-state index contributed by atoms with van der Waals surface area (Å²) >= 11 is 1.79. The van der Waals surface area contributed by atoms with E-state index in [0.717, 1.165) is 17.2 Å². The molecule has 1 saturated heterocycles. The molecule has 152 valence electrons. The minimum absolute atomic E-state index is 0.0437. The van der Waals surface area contributed by atoms with Gasteiger partial charge in [-0.15, -0.1) is 0 Å². The SMILES string of the molecule is Cc1ccc(CSCCNC(=O)C2CC(=O)N(c3ccc4c(c3)OCO4)C2)cc1. The highest BCUT2D eigenvalue weighted by atomic mass is 32.2. The number of ether oxygens (including phenoxy) is 2. The van der Waals surface area contributed by atoms with Crippen molar-refractivity contribution in [2.24, 2.45) is 5.92 Å². The highest BCUT2D eigenvalue weighted by Gasteiger charge is 2.35. The summed E-state index contributed by atoms with van der Waals surface area (Å²) < 4.78 is 10.7. The van der Waals surface area contributed by atoms with E-state index in [1.54, 1.807) is 28.8 Å². The summed E-state index contributed by atoms with van der Waals surface area (Å²) in [4.78, 5) is 26.5. The highest BCUT2D eigenvalue weighted by molar-refractivity contribution is 7.98. The second kappa shape index (κ2) is 8.78. The van der Waals surface area contributed by atoms with E-state index in [9.17, 15) is 9.59 Å². The fraction of sp³-hybridized carbons (Fsp3) is 0.364. The number of rotatable bonds is 7. The normalized spacial score (nSPS) is 17.6. The molecule has 7 heteroatoms. The van der Waals surface area contributed by atoms with E-state index in [1.807, 2.05) is 6.07 Å². The first-order valence-corrected chi connectivity index (χ1v) is 10.9. The van der Waals surface area contributed by atoms with Gasteiger partial charge in [0.15, 0.2) is 11.5 Å². The predicted molar refractivity (Wildman–Crippen MR) is 113 cm³/mol. The number of fused-ring (bicyclic) bond motifs is 1. The summed E-state index contributed by atoms with van der Waals surface area (Å²) in [7, 11) is 0. The number of carbonyl (C=O) groups excluding carboxylic acids is 2. The van der Waals surface area contributed by atoms with Crippen LogP contribution in [-0.4, -0.2) is 37.4 Å². The van der Waals surface area contributed by atoms with E-state index in [1.165, 1.54) is 11.1 Å². The van der Waals surface area contributed by atoms with Crippen LogP contribution in [0.15, 0.2) is 42.5 Å². The van der Waals surface area contributed by atoms with Crippen LogP contribution in [-0.2, 0) is 15.3 Å². The smallest absolute Gasteiger partial charge is 0.231 e. The van der Waals surface area contributed by atoms with Crippen LogP contribution >= 0.6 is 11.8 Å². The van der Waals surface area contributed by atoms with Crippen molar-refractivity contribution in [3.63, 3.8) is 0 Å². The van der Waals surface area contributed by atoms with Crippen molar-refractivity contribution in [3.05, 3.63) is 53.6 Å². The number of carbonyl (C=O) groups is 2. The van der Waals surface area contributed by atoms with Crippen molar-refractivity contribution >= 4 is 29.3 Å². The Morgan fingerprint density at radius 1 is 1.17 bits per heavy atom. The third-order valence-corrected chi connectivity index (χ3v) is 6.13. The lowest BCUT2D eigenvalue weighted by molar-refractivity contribution is -0.126. The van der Waals surface area contributed by atoms with Crippen LogP contribution in [0.1, 0.15) is 17.5 Å². The summed E-state index contributed by atoms with van der Waals surface area (Å²) in [6.07, 6.45) is 0.233. The summed E-state index contributed by atoms with van der Waals surface area (Å²) in [5.41, 5.74) is 3.28. The molecule has 1 unspecified atom stereocenters. The molecule has 2 aliphatic heterocycles. The molecule has 2 amide bonds. The Hall–Kier alpha value is -2.67. The minimum atomic E-state index is -0.324. The van der Waals surface area contributed by atoms with Crippen molar-refractivity contribution in [3.8, 4) is 11.5 Å². The van der Waals surface area contributed by atoms with Crippen molar-refractivity contribution in [2.75, 3.05) is 30.5 Å². The van der Waals surface area contributed by atoms with Gasteiger partial charge in [-0.3, -0.25) is 9.59 Å². The molecule has 0 bridgehead atoms. The molecule has 1 atom stereocenters. The average Bonchev–Trinajstić information content (AvgIpc) is 3.34. The van der Waals surface area contributed by atoms with Crippen LogP contribution in [0.4, 0.5) is 5.69 Å². The lowest BCUT2D eigenvalue weighted by Gasteiger charge is -2.17. The molecule has 1 fully saturated rings. The fourth-order valence-electron chi connectivity index (χ4n) is 3.45. The molecule has 0 radical (unpaired) electrons. The molecule has 29 heavy (non-hydrogen) atoms. The molecular formula is C22H24N2O4S. The number of anilines is 1. The molecule has 0 aromatic heterocycles. The van der Waals surface area contributed by atoms with E-state index >= 15 is 0 Å². The number of thioether (sulfide) groups is 1. The van der Waals surface area contributed by atoms with Gasteiger partial charge in [0.25, 0.3) is 0 Å². The maximum absolute atomic E-state index is 12.5. The first-order chi connectivity index (χ1) is 14.1. The van der Waals surface area contributed by atoms with Gasteiger partial charge in [-0.2, -0.15) is 11.8 Å². The van der Waals surface area contributed by atoms with E-state index in [4.69, 9.17) is 9.47 Å². The zero-order chi connectivity index (χ0) is 20.2. The first kappa shape index (κ1) is 19.6. The second-order valence-electron chi connectivity index (χ2n) is 7.27. The first-order valence-electron chi connectivity index (χ1n) is 9.71. The molecule has 2 aromatic rings. The van der Waals surface area contributed by atoms with Gasteiger partial charge >= 0.3 is 0 Å². The van der Waals surface area contributed by atoms with Gasteiger partial charge in [0.05, 0.1) is 5.92 Å². The number of hydrogen-bond donors (Lipinski definition) is 1. The third-order valence-electron chi connectivity index (χ3n) is 5.10.